The maximum absolute atomic E-state index is 5.36. The van der Waals surface area contributed by atoms with Crippen LogP contribution < -0.4 is 14.8 Å². The lowest BCUT2D eigenvalue weighted by Gasteiger charge is -2.18. The number of anilines is 1. The molecule has 0 aliphatic carbocycles. The van der Waals surface area contributed by atoms with Crippen LogP contribution in [0.1, 0.15) is 26.3 Å². The minimum Gasteiger partial charge on any atom is -0.497 e. The van der Waals surface area contributed by atoms with Crippen molar-refractivity contribution in [2.75, 3.05) is 19.5 Å². The summed E-state index contributed by atoms with van der Waals surface area (Å²) >= 11 is 0. The Balaban J connectivity index is 1.91. The van der Waals surface area contributed by atoms with Crippen LogP contribution in [0.3, 0.4) is 0 Å². The molecular formula is C20H25N5O2. The highest BCUT2D eigenvalue weighted by atomic mass is 16.5. The van der Waals surface area contributed by atoms with Crippen molar-refractivity contribution in [2.45, 2.75) is 32.9 Å². The molecule has 0 saturated heterocycles. The van der Waals surface area contributed by atoms with Crippen LogP contribution in [0.15, 0.2) is 42.9 Å². The van der Waals surface area contributed by atoms with Gasteiger partial charge in [-0.1, -0.05) is 12.1 Å². The molecule has 7 nitrogen and oxygen atoms in total. The summed E-state index contributed by atoms with van der Waals surface area (Å²) in [7, 11) is 3.25. The fraction of sp³-hybridized carbons (Fsp3) is 0.350. The predicted molar refractivity (Wildman–Crippen MR) is 105 cm³/mol. The molecule has 0 aliphatic rings. The van der Waals surface area contributed by atoms with Gasteiger partial charge in [-0.2, -0.15) is 5.10 Å². The number of ether oxygens (including phenoxy) is 2. The number of nitrogens with one attached hydrogen (secondary N) is 1. The van der Waals surface area contributed by atoms with Crippen LogP contribution in [0.5, 0.6) is 11.5 Å². The lowest BCUT2D eigenvalue weighted by atomic mass is 10.1. The average molecular weight is 367 g/mol. The first kappa shape index (κ1) is 18.7. The minimum atomic E-state index is -0.123. The third kappa shape index (κ3) is 4.36. The van der Waals surface area contributed by atoms with Crippen LogP contribution in [0.4, 0.5) is 5.95 Å². The summed E-state index contributed by atoms with van der Waals surface area (Å²) in [5.74, 6) is 1.96. The molecule has 1 aromatic carbocycles. The zero-order valence-corrected chi connectivity index (χ0v) is 16.4. The van der Waals surface area contributed by atoms with Crippen molar-refractivity contribution >= 4 is 5.95 Å². The summed E-state index contributed by atoms with van der Waals surface area (Å²) in [5.41, 5.74) is 2.84. The number of methoxy groups -OCH3 is 2. The summed E-state index contributed by atoms with van der Waals surface area (Å²) in [6, 6.07) is 7.91. The van der Waals surface area contributed by atoms with Crippen molar-refractivity contribution < 1.29 is 9.47 Å². The first-order valence-corrected chi connectivity index (χ1v) is 8.74. The maximum atomic E-state index is 5.36. The summed E-state index contributed by atoms with van der Waals surface area (Å²) in [5, 5.41) is 8.08. The standard InChI is InChI=1S/C20H25N5O2/c1-20(2,3)25-13-15(10-21-19-22-11-17(27-5)12-23-19)18(24-25)14-7-6-8-16(9-14)26-4/h6-9,11-13H,10H2,1-5H3,(H,21,22,23). The maximum Gasteiger partial charge on any atom is 0.223 e. The van der Waals surface area contributed by atoms with Crippen LogP contribution in [-0.2, 0) is 12.1 Å². The van der Waals surface area contributed by atoms with E-state index in [4.69, 9.17) is 14.6 Å². The molecule has 0 radical (unpaired) electrons. The highest BCUT2D eigenvalue weighted by Gasteiger charge is 2.19. The van der Waals surface area contributed by atoms with Gasteiger partial charge in [0.25, 0.3) is 0 Å². The predicted octanol–water partition coefficient (Wildman–Crippen LogP) is 3.72. The summed E-state index contributed by atoms with van der Waals surface area (Å²) in [6.07, 6.45) is 5.33. The largest absolute Gasteiger partial charge is 0.497 e. The van der Waals surface area contributed by atoms with E-state index in [9.17, 15) is 0 Å². The summed E-state index contributed by atoms with van der Waals surface area (Å²) in [4.78, 5) is 8.51. The summed E-state index contributed by atoms with van der Waals surface area (Å²) < 4.78 is 12.4. The highest BCUT2D eigenvalue weighted by molar-refractivity contribution is 5.65. The lowest BCUT2D eigenvalue weighted by Crippen LogP contribution is -2.22. The third-order valence-electron chi connectivity index (χ3n) is 4.12. The van der Waals surface area contributed by atoms with E-state index in [0.717, 1.165) is 22.6 Å². The van der Waals surface area contributed by atoms with E-state index in [1.165, 1.54) is 0 Å². The summed E-state index contributed by atoms with van der Waals surface area (Å²) in [6.45, 7) is 6.92. The second-order valence-corrected chi connectivity index (χ2v) is 7.15. The van der Waals surface area contributed by atoms with Crippen molar-refractivity contribution in [2.24, 2.45) is 0 Å². The van der Waals surface area contributed by atoms with Gasteiger partial charge in [-0.3, -0.25) is 4.68 Å². The number of aromatic nitrogens is 4. The van der Waals surface area contributed by atoms with Crippen molar-refractivity contribution in [3.63, 3.8) is 0 Å². The molecule has 27 heavy (non-hydrogen) atoms. The van der Waals surface area contributed by atoms with Crippen molar-refractivity contribution in [1.82, 2.24) is 19.7 Å². The number of benzene rings is 1. The molecule has 0 atom stereocenters. The van der Waals surface area contributed by atoms with E-state index in [1.807, 2.05) is 28.9 Å². The molecular weight excluding hydrogens is 342 g/mol. The van der Waals surface area contributed by atoms with Gasteiger partial charge in [0, 0.05) is 23.9 Å². The third-order valence-corrected chi connectivity index (χ3v) is 4.12. The first-order valence-electron chi connectivity index (χ1n) is 8.74. The molecule has 0 saturated carbocycles. The molecule has 2 heterocycles. The Labute approximate surface area is 159 Å². The van der Waals surface area contributed by atoms with E-state index in [1.54, 1.807) is 26.6 Å². The fourth-order valence-electron chi connectivity index (χ4n) is 2.58. The van der Waals surface area contributed by atoms with Crippen molar-refractivity contribution in [3.05, 3.63) is 48.4 Å². The van der Waals surface area contributed by atoms with Gasteiger partial charge in [0.05, 0.1) is 37.8 Å². The Hall–Kier alpha value is -3.09. The molecule has 3 rings (SSSR count). The molecule has 0 spiro atoms. The Kier molecular flexibility index (Phi) is 5.30. The number of hydrogen-bond donors (Lipinski definition) is 1. The van der Waals surface area contributed by atoms with Gasteiger partial charge in [-0.25, -0.2) is 9.97 Å². The van der Waals surface area contributed by atoms with Gasteiger partial charge < -0.3 is 14.8 Å². The smallest absolute Gasteiger partial charge is 0.223 e. The molecule has 3 aromatic rings. The van der Waals surface area contributed by atoms with E-state index in [2.05, 4.69) is 42.3 Å². The van der Waals surface area contributed by atoms with Gasteiger partial charge >= 0.3 is 0 Å². The van der Waals surface area contributed by atoms with Crippen LogP contribution in [0.25, 0.3) is 11.3 Å². The molecule has 1 N–H and O–H groups in total. The first-order chi connectivity index (χ1) is 12.9. The Morgan fingerprint density at radius 3 is 2.37 bits per heavy atom. The molecule has 0 aliphatic heterocycles. The van der Waals surface area contributed by atoms with Gasteiger partial charge in [0.2, 0.25) is 5.95 Å². The van der Waals surface area contributed by atoms with Gasteiger partial charge in [0.1, 0.15) is 5.75 Å². The SMILES string of the molecule is COc1cnc(NCc2cn(C(C)(C)C)nc2-c2cccc(OC)c2)nc1. The molecule has 0 unspecified atom stereocenters. The number of rotatable bonds is 6. The number of nitrogens with zero attached hydrogens (tertiary/aromatic N) is 4. The zero-order chi connectivity index (χ0) is 19.4. The van der Waals surface area contributed by atoms with E-state index in [0.29, 0.717) is 18.2 Å². The van der Waals surface area contributed by atoms with Crippen LogP contribution in [-0.4, -0.2) is 34.0 Å². The molecule has 0 fully saturated rings. The van der Waals surface area contributed by atoms with E-state index in [-0.39, 0.29) is 5.54 Å². The topological polar surface area (TPSA) is 74.1 Å². The van der Waals surface area contributed by atoms with Gasteiger partial charge in [-0.15, -0.1) is 0 Å². The zero-order valence-electron chi connectivity index (χ0n) is 16.4. The van der Waals surface area contributed by atoms with E-state index < -0.39 is 0 Å². The molecule has 0 amide bonds. The van der Waals surface area contributed by atoms with Crippen LogP contribution in [0, 0.1) is 0 Å². The lowest BCUT2D eigenvalue weighted by molar-refractivity contribution is 0.356. The highest BCUT2D eigenvalue weighted by Crippen LogP contribution is 2.28. The number of hydrogen-bond acceptors (Lipinski definition) is 6. The second kappa shape index (κ2) is 7.65. The monoisotopic (exact) mass is 367 g/mol. The quantitative estimate of drug-likeness (QED) is 0.716. The normalized spacial score (nSPS) is 11.3. The molecule has 0 bridgehead atoms. The molecule has 2 aromatic heterocycles. The Morgan fingerprint density at radius 1 is 1.04 bits per heavy atom. The Bertz CT molecular complexity index is 897. The molecule has 7 heteroatoms. The van der Waals surface area contributed by atoms with E-state index >= 15 is 0 Å². The Morgan fingerprint density at radius 2 is 1.74 bits per heavy atom. The average Bonchev–Trinajstić information content (AvgIpc) is 3.11. The fourth-order valence-corrected chi connectivity index (χ4v) is 2.58. The van der Waals surface area contributed by atoms with Crippen molar-refractivity contribution in [1.29, 1.82) is 0 Å². The van der Waals surface area contributed by atoms with Gasteiger partial charge in [-0.05, 0) is 32.9 Å². The van der Waals surface area contributed by atoms with Gasteiger partial charge in [0.15, 0.2) is 5.75 Å². The minimum absolute atomic E-state index is 0.123. The molecule has 142 valence electrons. The van der Waals surface area contributed by atoms with Crippen LogP contribution >= 0.6 is 0 Å². The van der Waals surface area contributed by atoms with Crippen molar-refractivity contribution in [3.8, 4) is 22.8 Å². The second-order valence-electron chi connectivity index (χ2n) is 7.15. The van der Waals surface area contributed by atoms with Crippen LogP contribution in [0.2, 0.25) is 0 Å².